The molecule has 0 spiro atoms. The van der Waals surface area contributed by atoms with E-state index in [0.717, 1.165) is 40.5 Å². The monoisotopic (exact) mass is 287 g/mol. The fourth-order valence-electron chi connectivity index (χ4n) is 1.30. The zero-order valence-electron chi connectivity index (χ0n) is 11.2. The van der Waals surface area contributed by atoms with Gasteiger partial charge in [0.1, 0.15) is 0 Å². The van der Waals surface area contributed by atoms with Gasteiger partial charge in [-0.15, -0.1) is 6.58 Å². The number of hydrogen-bond acceptors (Lipinski definition) is 6. The van der Waals surface area contributed by atoms with Gasteiger partial charge in [0, 0.05) is 38.7 Å². The highest BCUT2D eigenvalue weighted by atomic mass is 32.2. The number of hydrogen-bond donors (Lipinski definition) is 1. The molecule has 0 aliphatic heterocycles. The van der Waals surface area contributed by atoms with Gasteiger partial charge in [0.25, 0.3) is 0 Å². The zero-order chi connectivity index (χ0) is 13.4. The molecule has 0 bridgehead atoms. The first-order chi connectivity index (χ1) is 8.69. The summed E-state index contributed by atoms with van der Waals surface area (Å²) in [4.78, 5) is 7.56. The van der Waals surface area contributed by atoms with Gasteiger partial charge >= 0.3 is 0 Å². The standard InChI is InChI=1S/C12H21N3OS2/c1-5-7-17-8-6-13-9-10-11(16-4)14-12(18-10)15(2)3/h5,13H,1,6-9H2,2-4H3. The van der Waals surface area contributed by atoms with E-state index in [-0.39, 0.29) is 0 Å². The summed E-state index contributed by atoms with van der Waals surface area (Å²) in [5.41, 5.74) is 0. The lowest BCUT2D eigenvalue weighted by molar-refractivity contribution is 0.395. The molecule has 0 aromatic carbocycles. The molecule has 0 aliphatic rings. The molecule has 102 valence electrons. The number of aromatic nitrogens is 1. The fraction of sp³-hybridized carbons (Fsp3) is 0.583. The van der Waals surface area contributed by atoms with Gasteiger partial charge in [0.05, 0.1) is 12.0 Å². The van der Waals surface area contributed by atoms with E-state index in [2.05, 4.69) is 16.9 Å². The smallest absolute Gasteiger partial charge is 0.230 e. The van der Waals surface area contributed by atoms with Gasteiger partial charge in [-0.05, 0) is 0 Å². The van der Waals surface area contributed by atoms with Gasteiger partial charge in [0.15, 0.2) is 5.13 Å². The highest BCUT2D eigenvalue weighted by Crippen LogP contribution is 2.30. The average molecular weight is 287 g/mol. The van der Waals surface area contributed by atoms with Crippen molar-refractivity contribution in [2.75, 3.05) is 44.2 Å². The summed E-state index contributed by atoms with van der Waals surface area (Å²) in [7, 11) is 5.64. The van der Waals surface area contributed by atoms with Crippen LogP contribution >= 0.6 is 23.1 Å². The number of anilines is 1. The Hall–Kier alpha value is -0.720. The minimum atomic E-state index is 0.731. The number of methoxy groups -OCH3 is 1. The van der Waals surface area contributed by atoms with Gasteiger partial charge in [0.2, 0.25) is 5.88 Å². The van der Waals surface area contributed by atoms with Gasteiger partial charge in [-0.3, -0.25) is 0 Å². The van der Waals surface area contributed by atoms with E-state index in [0.29, 0.717) is 0 Å². The number of ether oxygens (including phenoxy) is 1. The summed E-state index contributed by atoms with van der Waals surface area (Å²) in [5.74, 6) is 2.83. The van der Waals surface area contributed by atoms with Crippen LogP contribution < -0.4 is 15.0 Å². The summed E-state index contributed by atoms with van der Waals surface area (Å²) in [6, 6.07) is 0. The highest BCUT2D eigenvalue weighted by Gasteiger charge is 2.12. The van der Waals surface area contributed by atoms with Crippen LogP contribution in [0.1, 0.15) is 4.88 Å². The summed E-state index contributed by atoms with van der Waals surface area (Å²) in [5, 5.41) is 4.38. The second-order valence-electron chi connectivity index (χ2n) is 3.86. The zero-order valence-corrected chi connectivity index (χ0v) is 12.9. The SMILES string of the molecule is C=CCSCCNCc1sc(N(C)C)nc1OC. The lowest BCUT2D eigenvalue weighted by atomic mass is 10.5. The number of thioether (sulfide) groups is 1. The third-order valence-electron chi connectivity index (χ3n) is 2.17. The van der Waals surface area contributed by atoms with Crippen LogP contribution in [-0.2, 0) is 6.54 Å². The maximum absolute atomic E-state index is 5.29. The first-order valence-electron chi connectivity index (χ1n) is 5.79. The largest absolute Gasteiger partial charge is 0.480 e. The van der Waals surface area contributed by atoms with E-state index < -0.39 is 0 Å². The fourth-order valence-corrected chi connectivity index (χ4v) is 2.85. The topological polar surface area (TPSA) is 37.4 Å². The van der Waals surface area contributed by atoms with Crippen molar-refractivity contribution in [3.8, 4) is 5.88 Å². The van der Waals surface area contributed by atoms with E-state index in [4.69, 9.17) is 4.74 Å². The van der Waals surface area contributed by atoms with Gasteiger partial charge in [-0.25, -0.2) is 0 Å². The molecule has 18 heavy (non-hydrogen) atoms. The summed E-state index contributed by atoms with van der Waals surface area (Å²) in [6.45, 7) is 5.49. The molecular formula is C12H21N3OS2. The van der Waals surface area contributed by atoms with E-state index >= 15 is 0 Å². The first-order valence-corrected chi connectivity index (χ1v) is 7.76. The predicted octanol–water partition coefficient (Wildman–Crippen LogP) is 2.23. The number of nitrogens with zero attached hydrogens (tertiary/aromatic N) is 2. The summed E-state index contributed by atoms with van der Waals surface area (Å²) >= 11 is 3.54. The van der Waals surface area contributed by atoms with Crippen LogP contribution in [0.3, 0.4) is 0 Å². The van der Waals surface area contributed by atoms with Crippen molar-refractivity contribution < 1.29 is 4.74 Å². The molecule has 0 aliphatic carbocycles. The van der Waals surface area contributed by atoms with Crippen LogP contribution in [-0.4, -0.2) is 44.2 Å². The molecule has 1 aromatic heterocycles. The summed E-state index contributed by atoms with van der Waals surface area (Å²) < 4.78 is 5.29. The Labute approximate surface area is 117 Å². The van der Waals surface area contributed by atoms with Crippen molar-refractivity contribution in [1.82, 2.24) is 10.3 Å². The van der Waals surface area contributed by atoms with Crippen LogP contribution in [0.25, 0.3) is 0 Å². The Kier molecular flexibility index (Phi) is 7.15. The van der Waals surface area contributed by atoms with E-state index in [1.807, 2.05) is 36.8 Å². The Bertz CT molecular complexity index is 366. The molecule has 1 N–H and O–H groups in total. The van der Waals surface area contributed by atoms with Gasteiger partial charge < -0.3 is 15.0 Å². The van der Waals surface area contributed by atoms with Crippen LogP contribution in [0, 0.1) is 0 Å². The van der Waals surface area contributed by atoms with Crippen molar-refractivity contribution in [3.63, 3.8) is 0 Å². The Morgan fingerprint density at radius 2 is 2.33 bits per heavy atom. The lowest BCUT2D eigenvalue weighted by Gasteiger charge is -2.05. The number of rotatable bonds is 9. The van der Waals surface area contributed by atoms with Crippen LogP contribution in [0.15, 0.2) is 12.7 Å². The third kappa shape index (κ3) is 4.88. The molecule has 0 unspecified atom stereocenters. The second-order valence-corrected chi connectivity index (χ2v) is 6.08. The molecule has 0 fully saturated rings. The summed E-state index contributed by atoms with van der Waals surface area (Å²) in [6.07, 6.45) is 1.93. The average Bonchev–Trinajstić information content (AvgIpc) is 2.77. The van der Waals surface area contributed by atoms with Crippen LogP contribution in [0.4, 0.5) is 5.13 Å². The molecule has 0 amide bonds. The predicted molar refractivity (Wildman–Crippen MR) is 82.2 cm³/mol. The van der Waals surface area contributed by atoms with Crippen LogP contribution in [0.5, 0.6) is 5.88 Å². The molecule has 4 nitrogen and oxygen atoms in total. The van der Waals surface area contributed by atoms with Gasteiger partial charge in [-0.2, -0.15) is 16.7 Å². The third-order valence-corrected chi connectivity index (χ3v) is 4.34. The quantitative estimate of drug-likeness (QED) is 0.557. The van der Waals surface area contributed by atoms with Crippen molar-refractivity contribution in [1.29, 1.82) is 0 Å². The number of thiazole rings is 1. The Morgan fingerprint density at radius 3 is 2.94 bits per heavy atom. The maximum atomic E-state index is 5.29. The maximum Gasteiger partial charge on any atom is 0.230 e. The normalized spacial score (nSPS) is 10.4. The Balaban J connectivity index is 2.38. The molecule has 1 aromatic rings. The molecule has 1 rings (SSSR count). The second kappa shape index (κ2) is 8.39. The first kappa shape index (κ1) is 15.3. The molecule has 0 radical (unpaired) electrons. The van der Waals surface area contributed by atoms with Gasteiger partial charge in [-0.1, -0.05) is 17.4 Å². The molecule has 1 heterocycles. The van der Waals surface area contributed by atoms with Crippen molar-refractivity contribution in [3.05, 3.63) is 17.5 Å². The van der Waals surface area contributed by atoms with Crippen LogP contribution in [0.2, 0.25) is 0 Å². The molecule has 6 heteroatoms. The van der Waals surface area contributed by atoms with Crippen molar-refractivity contribution >= 4 is 28.2 Å². The lowest BCUT2D eigenvalue weighted by Crippen LogP contribution is -2.16. The molecular weight excluding hydrogens is 266 g/mol. The molecule has 0 saturated carbocycles. The number of nitrogens with one attached hydrogen (secondary N) is 1. The van der Waals surface area contributed by atoms with E-state index in [1.54, 1.807) is 18.4 Å². The van der Waals surface area contributed by atoms with Crippen molar-refractivity contribution in [2.24, 2.45) is 0 Å². The minimum absolute atomic E-state index is 0.731. The highest BCUT2D eigenvalue weighted by molar-refractivity contribution is 7.99. The minimum Gasteiger partial charge on any atom is -0.480 e. The van der Waals surface area contributed by atoms with E-state index in [9.17, 15) is 0 Å². The Morgan fingerprint density at radius 1 is 1.56 bits per heavy atom. The van der Waals surface area contributed by atoms with E-state index in [1.165, 1.54) is 0 Å². The molecule has 0 saturated heterocycles. The van der Waals surface area contributed by atoms with Crippen molar-refractivity contribution in [2.45, 2.75) is 6.54 Å². The molecule has 0 atom stereocenters.